The van der Waals surface area contributed by atoms with Crippen molar-refractivity contribution in [1.82, 2.24) is 9.80 Å². The van der Waals surface area contributed by atoms with Crippen LogP contribution in [0.15, 0.2) is 24.3 Å². The number of allylic oxidation sites excluding steroid dienone is 4. The zero-order chi connectivity index (χ0) is 21.0. The summed E-state index contributed by atoms with van der Waals surface area (Å²) >= 11 is 0. The molecule has 0 radical (unpaired) electrons. The Kier molecular flexibility index (Phi) is 10.8. The molecule has 0 amide bonds. The van der Waals surface area contributed by atoms with Crippen molar-refractivity contribution in [2.45, 2.75) is 50.7 Å². The summed E-state index contributed by atoms with van der Waals surface area (Å²) in [6.45, 7) is 7.39. The summed E-state index contributed by atoms with van der Waals surface area (Å²) in [5.74, 6) is 1.22. The van der Waals surface area contributed by atoms with Crippen LogP contribution in [0.4, 0.5) is 0 Å². The molecule has 1 saturated heterocycles. The molecule has 0 spiro atoms. The molecule has 30 heavy (non-hydrogen) atoms. The van der Waals surface area contributed by atoms with Gasteiger partial charge in [0.05, 0.1) is 25.4 Å². The van der Waals surface area contributed by atoms with Gasteiger partial charge >= 0.3 is 0 Å². The van der Waals surface area contributed by atoms with E-state index in [1.165, 1.54) is 12.8 Å². The Balaban J connectivity index is 1.20. The number of hydrogen-bond acceptors (Lipinski definition) is 6. The summed E-state index contributed by atoms with van der Waals surface area (Å²) in [5.41, 5.74) is 0. The Labute approximate surface area is 182 Å². The van der Waals surface area contributed by atoms with Gasteiger partial charge in [0.1, 0.15) is 0 Å². The molecule has 2 N–H and O–H groups in total. The van der Waals surface area contributed by atoms with Gasteiger partial charge < -0.3 is 19.7 Å². The Morgan fingerprint density at radius 3 is 1.50 bits per heavy atom. The van der Waals surface area contributed by atoms with Crippen LogP contribution in [0.5, 0.6) is 0 Å². The molecule has 0 aromatic heterocycles. The maximum atomic E-state index is 10.3. The third kappa shape index (κ3) is 9.16. The molecule has 1 heterocycles. The highest BCUT2D eigenvalue weighted by molar-refractivity contribution is 4.90. The van der Waals surface area contributed by atoms with Gasteiger partial charge in [-0.2, -0.15) is 0 Å². The molecule has 1 fully saturated rings. The first-order valence-corrected chi connectivity index (χ1v) is 12.0. The van der Waals surface area contributed by atoms with Crippen LogP contribution >= 0.6 is 0 Å². The van der Waals surface area contributed by atoms with E-state index in [1.807, 2.05) is 0 Å². The van der Waals surface area contributed by atoms with Gasteiger partial charge in [-0.15, -0.1) is 0 Å². The van der Waals surface area contributed by atoms with Crippen LogP contribution in [0.25, 0.3) is 0 Å². The van der Waals surface area contributed by atoms with Crippen LogP contribution < -0.4 is 0 Å². The third-order valence-corrected chi connectivity index (χ3v) is 6.49. The van der Waals surface area contributed by atoms with Crippen molar-refractivity contribution in [3.63, 3.8) is 0 Å². The maximum Gasteiger partial charge on any atom is 0.0900 e. The molecule has 1 aliphatic heterocycles. The van der Waals surface area contributed by atoms with Gasteiger partial charge in [-0.1, -0.05) is 24.3 Å². The Morgan fingerprint density at radius 1 is 0.700 bits per heavy atom. The highest BCUT2D eigenvalue weighted by Crippen LogP contribution is 2.19. The summed E-state index contributed by atoms with van der Waals surface area (Å²) in [5, 5.41) is 20.6. The van der Waals surface area contributed by atoms with Gasteiger partial charge in [0, 0.05) is 52.5 Å². The normalized spacial score (nSPS) is 27.9. The van der Waals surface area contributed by atoms with Gasteiger partial charge in [-0.3, -0.25) is 9.80 Å². The molecule has 0 aromatic rings. The quantitative estimate of drug-likeness (QED) is 0.470. The predicted molar refractivity (Wildman–Crippen MR) is 119 cm³/mol. The molecule has 6 heteroatoms. The Morgan fingerprint density at radius 2 is 1.13 bits per heavy atom. The van der Waals surface area contributed by atoms with Crippen molar-refractivity contribution in [2.75, 3.05) is 65.7 Å². The van der Waals surface area contributed by atoms with Crippen molar-refractivity contribution in [3.8, 4) is 0 Å². The lowest BCUT2D eigenvalue weighted by Crippen LogP contribution is -2.51. The zero-order valence-corrected chi connectivity index (χ0v) is 18.5. The standard InChI is InChI=1S/C24H42N2O4/c27-23(19-29-17-21-7-3-1-4-8-21)15-25-11-13-26(14-12-25)16-24(28)20-30-18-22-9-5-2-6-10-22/h1-3,5,21-24,27-28H,4,6-20H2/t21-,22+,23-,24-/m0/s1. The molecule has 6 nitrogen and oxygen atoms in total. The number of aliphatic hydroxyl groups is 2. The van der Waals surface area contributed by atoms with Crippen molar-refractivity contribution >= 4 is 0 Å². The van der Waals surface area contributed by atoms with Gasteiger partial charge in [0.2, 0.25) is 0 Å². The lowest BCUT2D eigenvalue weighted by Gasteiger charge is -2.36. The van der Waals surface area contributed by atoms with E-state index in [0.29, 0.717) is 38.1 Å². The molecule has 2 aliphatic carbocycles. The topological polar surface area (TPSA) is 65.4 Å². The monoisotopic (exact) mass is 422 g/mol. The van der Waals surface area contributed by atoms with E-state index in [9.17, 15) is 10.2 Å². The second-order valence-electron chi connectivity index (χ2n) is 9.28. The minimum absolute atomic E-state index is 0.424. The molecule has 172 valence electrons. The highest BCUT2D eigenvalue weighted by Gasteiger charge is 2.22. The number of aliphatic hydroxyl groups excluding tert-OH is 2. The fourth-order valence-corrected chi connectivity index (χ4v) is 4.61. The molecule has 3 rings (SSSR count). The molecule has 0 bridgehead atoms. The van der Waals surface area contributed by atoms with Crippen LogP contribution in [-0.2, 0) is 9.47 Å². The summed E-state index contributed by atoms with van der Waals surface area (Å²) in [6.07, 6.45) is 15.0. The van der Waals surface area contributed by atoms with Crippen LogP contribution in [0.1, 0.15) is 38.5 Å². The van der Waals surface area contributed by atoms with E-state index in [1.54, 1.807) is 0 Å². The molecule has 4 atom stereocenters. The summed E-state index contributed by atoms with van der Waals surface area (Å²) in [7, 11) is 0. The number of ether oxygens (including phenoxy) is 2. The minimum atomic E-state index is -0.427. The van der Waals surface area contributed by atoms with Gasteiger partial charge in [-0.25, -0.2) is 0 Å². The van der Waals surface area contributed by atoms with E-state index < -0.39 is 12.2 Å². The molecule has 0 aromatic carbocycles. The first kappa shape index (κ1) is 23.9. The molecular weight excluding hydrogens is 380 g/mol. The first-order valence-electron chi connectivity index (χ1n) is 12.0. The third-order valence-electron chi connectivity index (χ3n) is 6.49. The van der Waals surface area contributed by atoms with Crippen LogP contribution in [-0.4, -0.2) is 97.9 Å². The van der Waals surface area contributed by atoms with Crippen LogP contribution in [0, 0.1) is 11.8 Å². The SMILES string of the molecule is O[C@H](COC[C@@H]1CC=CCC1)CN1CCN(C[C@H](O)COC[C@H]2CC=CCC2)CC1. The number of piperazine rings is 1. The van der Waals surface area contributed by atoms with E-state index in [2.05, 4.69) is 34.1 Å². The second kappa shape index (κ2) is 13.6. The maximum absolute atomic E-state index is 10.3. The number of nitrogens with zero attached hydrogens (tertiary/aromatic N) is 2. The van der Waals surface area contributed by atoms with E-state index in [0.717, 1.165) is 65.1 Å². The zero-order valence-electron chi connectivity index (χ0n) is 18.5. The summed E-state index contributed by atoms with van der Waals surface area (Å²) in [4.78, 5) is 4.60. The van der Waals surface area contributed by atoms with Gasteiger partial charge in [-0.05, 0) is 50.4 Å². The van der Waals surface area contributed by atoms with Crippen molar-refractivity contribution in [2.24, 2.45) is 11.8 Å². The minimum Gasteiger partial charge on any atom is -0.389 e. The van der Waals surface area contributed by atoms with Crippen molar-refractivity contribution in [1.29, 1.82) is 0 Å². The second-order valence-corrected chi connectivity index (χ2v) is 9.28. The number of rotatable bonds is 12. The van der Waals surface area contributed by atoms with Crippen LogP contribution in [0.2, 0.25) is 0 Å². The average molecular weight is 423 g/mol. The van der Waals surface area contributed by atoms with E-state index in [-0.39, 0.29) is 0 Å². The first-order chi connectivity index (χ1) is 14.7. The fraction of sp³-hybridized carbons (Fsp3) is 0.833. The largest absolute Gasteiger partial charge is 0.389 e. The Hall–Kier alpha value is -0.760. The van der Waals surface area contributed by atoms with E-state index >= 15 is 0 Å². The lowest BCUT2D eigenvalue weighted by atomic mass is 9.95. The van der Waals surface area contributed by atoms with Crippen LogP contribution in [0.3, 0.4) is 0 Å². The van der Waals surface area contributed by atoms with Gasteiger partial charge in [0.25, 0.3) is 0 Å². The van der Waals surface area contributed by atoms with E-state index in [4.69, 9.17) is 9.47 Å². The molecule has 3 aliphatic rings. The lowest BCUT2D eigenvalue weighted by molar-refractivity contribution is -0.0174. The number of hydrogen-bond donors (Lipinski definition) is 2. The van der Waals surface area contributed by atoms with Crippen molar-refractivity contribution in [3.05, 3.63) is 24.3 Å². The van der Waals surface area contributed by atoms with Crippen molar-refractivity contribution < 1.29 is 19.7 Å². The molecule has 0 unspecified atom stereocenters. The summed E-state index contributed by atoms with van der Waals surface area (Å²) < 4.78 is 11.5. The smallest absolute Gasteiger partial charge is 0.0900 e. The van der Waals surface area contributed by atoms with Gasteiger partial charge in [0.15, 0.2) is 0 Å². The molecule has 0 saturated carbocycles. The Bertz CT molecular complexity index is 473. The predicted octanol–water partition coefficient (Wildman–Crippen LogP) is 2.07. The summed E-state index contributed by atoms with van der Waals surface area (Å²) in [6, 6.07) is 0. The fourth-order valence-electron chi connectivity index (χ4n) is 4.61. The average Bonchev–Trinajstić information content (AvgIpc) is 2.77. The highest BCUT2D eigenvalue weighted by atomic mass is 16.5. The molecular formula is C24H42N2O4. The number of β-amino-alcohol motifs (C(OH)–C–C–N with tert-alkyl or cyclic N) is 2.